The summed E-state index contributed by atoms with van der Waals surface area (Å²) < 4.78 is 0. The smallest absolute Gasteiger partial charge is 0.139 e. The Kier molecular flexibility index (Phi) is 2.10. The molecule has 0 bridgehead atoms. The topological polar surface area (TPSA) is 55.0 Å². The van der Waals surface area contributed by atoms with Crippen molar-refractivity contribution >= 4 is 23.4 Å². The SMILES string of the molecule is Cc1nc(N)cc(N2C=CSC2)n1. The van der Waals surface area contributed by atoms with Crippen LogP contribution in [0.25, 0.3) is 0 Å². The monoisotopic (exact) mass is 194 g/mol. The number of rotatable bonds is 1. The second-order valence-corrected chi connectivity index (χ2v) is 3.61. The van der Waals surface area contributed by atoms with Crippen molar-refractivity contribution < 1.29 is 0 Å². The predicted octanol–water partition coefficient (Wildman–Crippen LogP) is 1.35. The highest BCUT2D eigenvalue weighted by atomic mass is 32.2. The van der Waals surface area contributed by atoms with E-state index in [9.17, 15) is 0 Å². The highest BCUT2D eigenvalue weighted by Gasteiger charge is 2.09. The van der Waals surface area contributed by atoms with Crippen LogP contribution in [0.2, 0.25) is 0 Å². The molecule has 1 aromatic heterocycles. The van der Waals surface area contributed by atoms with Crippen molar-refractivity contribution in [2.45, 2.75) is 6.92 Å². The minimum Gasteiger partial charge on any atom is -0.384 e. The van der Waals surface area contributed by atoms with E-state index in [-0.39, 0.29) is 0 Å². The van der Waals surface area contributed by atoms with Crippen molar-refractivity contribution in [1.82, 2.24) is 9.97 Å². The van der Waals surface area contributed by atoms with E-state index < -0.39 is 0 Å². The number of aryl methyl sites for hydroxylation is 1. The summed E-state index contributed by atoms with van der Waals surface area (Å²) in [6.45, 7) is 1.84. The molecule has 0 amide bonds. The average Bonchev–Trinajstić information content (AvgIpc) is 2.53. The summed E-state index contributed by atoms with van der Waals surface area (Å²) in [5.74, 6) is 3.00. The number of hydrogen-bond donors (Lipinski definition) is 1. The fourth-order valence-corrected chi connectivity index (χ4v) is 1.84. The summed E-state index contributed by atoms with van der Waals surface area (Å²) in [4.78, 5) is 10.3. The van der Waals surface area contributed by atoms with Gasteiger partial charge in [-0.1, -0.05) is 0 Å². The van der Waals surface area contributed by atoms with Crippen LogP contribution in [-0.2, 0) is 0 Å². The quantitative estimate of drug-likeness (QED) is 0.731. The normalized spacial score (nSPS) is 15.3. The molecular weight excluding hydrogens is 184 g/mol. The van der Waals surface area contributed by atoms with Crippen molar-refractivity contribution in [1.29, 1.82) is 0 Å². The van der Waals surface area contributed by atoms with Crippen LogP contribution >= 0.6 is 11.8 Å². The Balaban J connectivity index is 2.34. The molecule has 2 heterocycles. The zero-order chi connectivity index (χ0) is 9.26. The van der Waals surface area contributed by atoms with Crippen molar-refractivity contribution in [2.24, 2.45) is 0 Å². The van der Waals surface area contributed by atoms with Crippen molar-refractivity contribution in [3.63, 3.8) is 0 Å². The molecule has 13 heavy (non-hydrogen) atoms. The van der Waals surface area contributed by atoms with E-state index in [1.807, 2.05) is 23.4 Å². The summed E-state index contributed by atoms with van der Waals surface area (Å²) in [7, 11) is 0. The van der Waals surface area contributed by atoms with Crippen LogP contribution in [0.1, 0.15) is 5.82 Å². The third kappa shape index (κ3) is 1.75. The number of anilines is 2. The van der Waals surface area contributed by atoms with E-state index in [0.29, 0.717) is 11.6 Å². The van der Waals surface area contributed by atoms with Crippen LogP contribution in [0.4, 0.5) is 11.6 Å². The minimum absolute atomic E-state index is 0.521. The Morgan fingerprint density at radius 2 is 2.38 bits per heavy atom. The molecule has 0 atom stereocenters. The standard InChI is InChI=1S/C8H10N4S/c1-6-10-7(9)4-8(11-6)12-2-3-13-5-12/h2-4H,5H2,1H3,(H2,9,10,11). The highest BCUT2D eigenvalue weighted by Crippen LogP contribution is 2.22. The maximum Gasteiger partial charge on any atom is 0.139 e. The van der Waals surface area contributed by atoms with Gasteiger partial charge in [0.15, 0.2) is 0 Å². The zero-order valence-corrected chi connectivity index (χ0v) is 8.08. The molecule has 1 aliphatic rings. The summed E-state index contributed by atoms with van der Waals surface area (Å²) in [6, 6.07) is 1.78. The summed E-state index contributed by atoms with van der Waals surface area (Å²) in [5, 5.41) is 2.04. The molecule has 0 unspecified atom stereocenters. The van der Waals surface area contributed by atoms with Gasteiger partial charge in [-0.05, 0) is 12.3 Å². The van der Waals surface area contributed by atoms with E-state index in [1.165, 1.54) is 0 Å². The number of aromatic nitrogens is 2. The minimum atomic E-state index is 0.521. The van der Waals surface area contributed by atoms with Crippen LogP contribution in [0.3, 0.4) is 0 Å². The first-order chi connectivity index (χ1) is 6.25. The van der Waals surface area contributed by atoms with Crippen LogP contribution < -0.4 is 10.6 Å². The van der Waals surface area contributed by atoms with Gasteiger partial charge in [-0.25, -0.2) is 9.97 Å². The van der Waals surface area contributed by atoms with Crippen LogP contribution in [0.15, 0.2) is 17.7 Å². The molecule has 0 aliphatic carbocycles. The van der Waals surface area contributed by atoms with E-state index in [4.69, 9.17) is 5.73 Å². The van der Waals surface area contributed by atoms with E-state index in [0.717, 1.165) is 11.7 Å². The van der Waals surface area contributed by atoms with Crippen molar-refractivity contribution in [3.8, 4) is 0 Å². The summed E-state index contributed by atoms with van der Waals surface area (Å²) >= 11 is 1.73. The molecule has 5 heteroatoms. The Morgan fingerprint density at radius 1 is 1.54 bits per heavy atom. The number of thioether (sulfide) groups is 1. The van der Waals surface area contributed by atoms with Crippen LogP contribution in [0, 0.1) is 6.92 Å². The third-order valence-electron chi connectivity index (χ3n) is 1.69. The fraction of sp³-hybridized carbons (Fsp3) is 0.250. The molecule has 0 saturated heterocycles. The van der Waals surface area contributed by atoms with Gasteiger partial charge in [0.05, 0.1) is 5.88 Å². The highest BCUT2D eigenvalue weighted by molar-refractivity contribution is 8.02. The van der Waals surface area contributed by atoms with E-state index in [2.05, 4.69) is 9.97 Å². The Bertz CT molecular complexity index is 330. The molecule has 0 spiro atoms. The number of nitrogens with two attached hydrogens (primary N) is 1. The molecule has 0 fully saturated rings. The van der Waals surface area contributed by atoms with Crippen molar-refractivity contribution in [3.05, 3.63) is 23.5 Å². The average molecular weight is 194 g/mol. The van der Waals surface area contributed by atoms with E-state index >= 15 is 0 Å². The molecule has 0 aromatic carbocycles. The third-order valence-corrected chi connectivity index (χ3v) is 2.43. The molecule has 0 saturated carbocycles. The Labute approximate surface area is 80.9 Å². The van der Waals surface area contributed by atoms with Gasteiger partial charge < -0.3 is 10.6 Å². The lowest BCUT2D eigenvalue weighted by Crippen LogP contribution is -2.14. The van der Waals surface area contributed by atoms with Gasteiger partial charge in [0, 0.05) is 12.3 Å². The summed E-state index contributed by atoms with van der Waals surface area (Å²) in [6.07, 6.45) is 1.99. The van der Waals surface area contributed by atoms with Gasteiger partial charge in [0.2, 0.25) is 0 Å². The molecule has 2 rings (SSSR count). The lowest BCUT2D eigenvalue weighted by Gasteiger charge is -2.13. The van der Waals surface area contributed by atoms with Gasteiger partial charge in [0.1, 0.15) is 17.5 Å². The van der Waals surface area contributed by atoms with Gasteiger partial charge >= 0.3 is 0 Å². The zero-order valence-electron chi connectivity index (χ0n) is 7.27. The lowest BCUT2D eigenvalue weighted by atomic mass is 10.5. The molecule has 1 aliphatic heterocycles. The van der Waals surface area contributed by atoms with Crippen LogP contribution in [-0.4, -0.2) is 15.8 Å². The van der Waals surface area contributed by atoms with E-state index in [1.54, 1.807) is 17.8 Å². The number of nitrogens with zero attached hydrogens (tertiary/aromatic N) is 3. The molecular formula is C8H10N4S. The molecule has 1 aromatic rings. The van der Waals surface area contributed by atoms with Gasteiger partial charge in [-0.15, -0.1) is 11.8 Å². The van der Waals surface area contributed by atoms with Crippen molar-refractivity contribution in [2.75, 3.05) is 16.5 Å². The number of nitrogen functional groups attached to an aromatic ring is 1. The lowest BCUT2D eigenvalue weighted by molar-refractivity contribution is 1.01. The first-order valence-corrected chi connectivity index (χ1v) is 4.96. The second kappa shape index (κ2) is 3.26. The first kappa shape index (κ1) is 8.37. The maximum absolute atomic E-state index is 5.62. The Hall–Kier alpha value is -1.23. The van der Waals surface area contributed by atoms with Gasteiger partial charge in [-0.3, -0.25) is 0 Å². The largest absolute Gasteiger partial charge is 0.384 e. The summed E-state index contributed by atoms with van der Waals surface area (Å²) in [5.41, 5.74) is 5.62. The van der Waals surface area contributed by atoms with Crippen LogP contribution in [0.5, 0.6) is 0 Å². The first-order valence-electron chi connectivity index (χ1n) is 3.92. The maximum atomic E-state index is 5.62. The molecule has 2 N–H and O–H groups in total. The fourth-order valence-electron chi connectivity index (χ4n) is 1.15. The molecule has 0 radical (unpaired) electrons. The van der Waals surface area contributed by atoms with Gasteiger partial charge in [0.25, 0.3) is 0 Å². The number of hydrogen-bond acceptors (Lipinski definition) is 5. The molecule has 4 nitrogen and oxygen atoms in total. The molecule has 68 valence electrons. The second-order valence-electron chi connectivity index (χ2n) is 2.75. The Morgan fingerprint density at radius 3 is 3.00 bits per heavy atom. The predicted molar refractivity (Wildman–Crippen MR) is 55.3 cm³/mol. The van der Waals surface area contributed by atoms with Gasteiger partial charge in [-0.2, -0.15) is 0 Å².